The van der Waals surface area contributed by atoms with Crippen LogP contribution in [0.25, 0.3) is 0 Å². The van der Waals surface area contributed by atoms with Crippen LogP contribution in [0.15, 0.2) is 11.1 Å². The summed E-state index contributed by atoms with van der Waals surface area (Å²) in [5.74, 6) is 0.881. The van der Waals surface area contributed by atoms with Gasteiger partial charge in [0.2, 0.25) is 0 Å². The molecular weight excluding hydrogens is 455 g/mol. The van der Waals surface area contributed by atoms with Gasteiger partial charge < -0.3 is 9.63 Å². The van der Waals surface area contributed by atoms with Gasteiger partial charge in [-0.2, -0.15) is 0 Å². The van der Waals surface area contributed by atoms with Crippen molar-refractivity contribution in [3.63, 3.8) is 0 Å². The summed E-state index contributed by atoms with van der Waals surface area (Å²) in [6, 6.07) is 0. The number of carboxylic acids is 1. The SMILES string of the molecule is CC(C)C1=C2[C@H]3CC[C@@H]4[C@@]5(C)CC[C@H](OP)C(C)(C)[C@@H]5CC[C@@]4(C)[C@]3(C)CC[C@@]2(C(=O)O)CC1=O. The van der Waals surface area contributed by atoms with Gasteiger partial charge in [0, 0.05) is 15.9 Å². The van der Waals surface area contributed by atoms with Crippen molar-refractivity contribution in [1.29, 1.82) is 0 Å². The maximum atomic E-state index is 13.3. The van der Waals surface area contributed by atoms with Crippen LogP contribution in [0.3, 0.4) is 0 Å². The minimum atomic E-state index is -0.957. The van der Waals surface area contributed by atoms with Gasteiger partial charge in [0.15, 0.2) is 5.78 Å². The second kappa shape index (κ2) is 7.89. The number of carboxylic acid groups (broad SMARTS) is 1. The van der Waals surface area contributed by atoms with Crippen molar-refractivity contribution in [2.45, 2.75) is 112 Å². The first-order valence-corrected chi connectivity index (χ1v) is 14.5. The number of carbonyl (C=O) groups excluding carboxylic acids is 1. The van der Waals surface area contributed by atoms with E-state index in [1.807, 2.05) is 0 Å². The van der Waals surface area contributed by atoms with Crippen LogP contribution in [0.1, 0.15) is 106 Å². The summed E-state index contributed by atoms with van der Waals surface area (Å²) in [4.78, 5) is 26.1. The average Bonchev–Trinajstić information content (AvgIpc) is 3.07. The maximum Gasteiger partial charge on any atom is 0.314 e. The molecule has 4 fully saturated rings. The average molecular weight is 503 g/mol. The molecule has 0 aromatic rings. The summed E-state index contributed by atoms with van der Waals surface area (Å²) < 4.78 is 5.92. The molecule has 196 valence electrons. The van der Waals surface area contributed by atoms with Gasteiger partial charge in [0.05, 0.1) is 11.5 Å². The van der Waals surface area contributed by atoms with E-state index in [2.05, 4.69) is 57.9 Å². The Labute approximate surface area is 214 Å². The Hall–Kier alpha value is -0.730. The van der Waals surface area contributed by atoms with Crippen molar-refractivity contribution < 1.29 is 19.2 Å². The molecule has 35 heavy (non-hydrogen) atoms. The predicted molar refractivity (Wildman–Crippen MR) is 142 cm³/mol. The number of ketones is 1. The summed E-state index contributed by atoms with van der Waals surface area (Å²) in [5, 5.41) is 10.5. The Kier molecular flexibility index (Phi) is 5.84. The van der Waals surface area contributed by atoms with Crippen LogP contribution in [0.5, 0.6) is 0 Å². The highest BCUT2D eigenvalue weighted by Gasteiger charge is 2.70. The zero-order valence-electron chi connectivity index (χ0n) is 23.0. The fourth-order valence-corrected chi connectivity index (χ4v) is 11.6. The summed E-state index contributed by atoms with van der Waals surface area (Å²) in [6.45, 7) is 16.6. The number of Topliss-reactive ketones (excluding diaryl/α,β-unsaturated/α-hetero) is 1. The zero-order valence-corrected chi connectivity index (χ0v) is 24.2. The van der Waals surface area contributed by atoms with Gasteiger partial charge >= 0.3 is 5.97 Å². The third-order valence-corrected chi connectivity index (χ3v) is 13.3. The third kappa shape index (κ3) is 3.05. The summed E-state index contributed by atoms with van der Waals surface area (Å²) in [6.07, 6.45) is 8.89. The van der Waals surface area contributed by atoms with Crippen LogP contribution >= 0.6 is 9.47 Å². The molecule has 5 aliphatic carbocycles. The summed E-state index contributed by atoms with van der Waals surface area (Å²) >= 11 is 0. The Balaban J connectivity index is 1.60. The Morgan fingerprint density at radius 2 is 1.63 bits per heavy atom. The second-order valence-electron chi connectivity index (χ2n) is 14.6. The molecule has 0 saturated heterocycles. The lowest BCUT2D eigenvalue weighted by molar-refractivity contribution is -0.225. The molecule has 0 heterocycles. The fraction of sp³-hybridized carbons (Fsp3) is 0.867. The second-order valence-corrected chi connectivity index (χ2v) is 14.8. The van der Waals surface area contributed by atoms with Crippen LogP contribution in [0.4, 0.5) is 0 Å². The quantitative estimate of drug-likeness (QED) is 0.414. The minimum Gasteiger partial charge on any atom is -0.481 e. The van der Waals surface area contributed by atoms with Crippen molar-refractivity contribution in [2.24, 2.45) is 50.7 Å². The van der Waals surface area contributed by atoms with E-state index in [4.69, 9.17) is 4.52 Å². The van der Waals surface area contributed by atoms with Gasteiger partial charge in [0.25, 0.3) is 0 Å². The summed E-state index contributed by atoms with van der Waals surface area (Å²) in [7, 11) is 2.53. The molecule has 5 heteroatoms. The first-order valence-electron chi connectivity index (χ1n) is 14.1. The Bertz CT molecular complexity index is 983. The number of rotatable bonds is 3. The zero-order chi connectivity index (χ0) is 25.8. The fourth-order valence-electron chi connectivity index (χ4n) is 11.1. The molecule has 0 aromatic heterocycles. The van der Waals surface area contributed by atoms with E-state index in [0.29, 0.717) is 18.3 Å². The first-order chi connectivity index (χ1) is 16.2. The van der Waals surface area contributed by atoms with Gasteiger partial charge in [-0.25, -0.2) is 0 Å². The lowest BCUT2D eigenvalue weighted by atomic mass is 9.33. The van der Waals surface area contributed by atoms with Crippen LogP contribution in [-0.4, -0.2) is 23.0 Å². The van der Waals surface area contributed by atoms with Gasteiger partial charge in [-0.1, -0.05) is 48.5 Å². The number of hydrogen-bond donors (Lipinski definition) is 1. The van der Waals surface area contributed by atoms with E-state index in [1.165, 1.54) is 19.3 Å². The normalized spacial score (nSPS) is 48.8. The van der Waals surface area contributed by atoms with Crippen LogP contribution in [0.2, 0.25) is 0 Å². The first kappa shape index (κ1) is 25.9. The monoisotopic (exact) mass is 502 g/mol. The molecule has 9 atom stereocenters. The molecule has 1 unspecified atom stereocenters. The largest absolute Gasteiger partial charge is 0.481 e. The van der Waals surface area contributed by atoms with Crippen LogP contribution in [0, 0.1) is 50.7 Å². The maximum absolute atomic E-state index is 13.3. The molecule has 4 saturated carbocycles. The van der Waals surface area contributed by atoms with Gasteiger partial charge in [0.1, 0.15) is 0 Å². The van der Waals surface area contributed by atoms with Gasteiger partial charge in [-0.15, -0.1) is 0 Å². The number of hydrogen-bond acceptors (Lipinski definition) is 3. The molecule has 1 N–H and O–H groups in total. The molecule has 4 nitrogen and oxygen atoms in total. The topological polar surface area (TPSA) is 63.6 Å². The van der Waals surface area contributed by atoms with Crippen molar-refractivity contribution >= 4 is 21.2 Å². The standard InChI is InChI=1S/C30H47O4P/c1-17(2)23-19(31)16-30(25(32)33)15-14-28(6)18(24(23)30)8-9-21-27(5)12-11-22(34-35)26(3,4)20(27)10-13-29(21,28)7/h17-18,20-22H,8-16,35H2,1-7H3,(H,32,33)/t18-,20+,21-,22+,27+,28-,29-,30-/m1/s1. The predicted octanol–water partition coefficient (Wildman–Crippen LogP) is 7.23. The molecule has 0 aromatic carbocycles. The van der Waals surface area contributed by atoms with E-state index in [-0.39, 0.29) is 51.8 Å². The van der Waals surface area contributed by atoms with Crippen LogP contribution in [-0.2, 0) is 14.1 Å². The molecular formula is C30H47O4P. The highest BCUT2D eigenvalue weighted by Crippen LogP contribution is 2.76. The molecule has 0 radical (unpaired) electrons. The molecule has 0 aliphatic heterocycles. The smallest absolute Gasteiger partial charge is 0.314 e. The van der Waals surface area contributed by atoms with Crippen molar-refractivity contribution in [3.05, 3.63) is 11.1 Å². The van der Waals surface area contributed by atoms with E-state index >= 15 is 0 Å². The Morgan fingerprint density at radius 1 is 0.943 bits per heavy atom. The number of aliphatic carboxylic acids is 1. The lowest BCUT2D eigenvalue weighted by Gasteiger charge is -2.72. The van der Waals surface area contributed by atoms with E-state index < -0.39 is 11.4 Å². The molecule has 0 bridgehead atoms. The number of fused-ring (bicyclic) bond motifs is 7. The third-order valence-electron chi connectivity index (χ3n) is 12.9. The van der Waals surface area contributed by atoms with Crippen molar-refractivity contribution in [1.82, 2.24) is 0 Å². The van der Waals surface area contributed by atoms with Gasteiger partial charge in [-0.3, -0.25) is 9.59 Å². The highest BCUT2D eigenvalue weighted by atomic mass is 31.0. The van der Waals surface area contributed by atoms with E-state index in [1.54, 1.807) is 0 Å². The molecule has 5 rings (SSSR count). The minimum absolute atomic E-state index is 0.0288. The Morgan fingerprint density at radius 3 is 2.23 bits per heavy atom. The molecule has 0 spiro atoms. The van der Waals surface area contributed by atoms with E-state index in [0.717, 1.165) is 36.8 Å². The van der Waals surface area contributed by atoms with Crippen LogP contribution < -0.4 is 0 Å². The number of allylic oxidation sites excluding steroid dienone is 1. The highest BCUT2D eigenvalue weighted by molar-refractivity contribution is 7.09. The van der Waals surface area contributed by atoms with Crippen molar-refractivity contribution in [2.75, 3.05) is 0 Å². The lowest BCUT2D eigenvalue weighted by Crippen LogP contribution is -2.65. The molecule has 0 amide bonds. The number of carbonyl (C=O) groups is 2. The van der Waals surface area contributed by atoms with E-state index in [9.17, 15) is 14.7 Å². The molecule has 5 aliphatic rings. The summed E-state index contributed by atoms with van der Waals surface area (Å²) in [5.41, 5.74) is 1.55. The van der Waals surface area contributed by atoms with Gasteiger partial charge in [-0.05, 0) is 108 Å². The van der Waals surface area contributed by atoms with Crippen molar-refractivity contribution in [3.8, 4) is 0 Å².